The fourth-order valence-electron chi connectivity index (χ4n) is 3.12. The van der Waals surface area contributed by atoms with E-state index in [0.717, 1.165) is 26.2 Å². The van der Waals surface area contributed by atoms with Gasteiger partial charge in [0, 0.05) is 38.8 Å². The standard InChI is InChI=1S/C17H26N2O2/c1-13-4-5-16(14(2)12-13)15(3)19-10-8-18(9-11-19)7-6-17(20)21/h4-5,12,15H,6-11H2,1-3H3,(H,20,21). The van der Waals surface area contributed by atoms with Crippen LogP contribution in [-0.2, 0) is 4.79 Å². The molecular formula is C17H26N2O2. The molecule has 0 saturated carbocycles. The highest BCUT2D eigenvalue weighted by atomic mass is 16.4. The first-order valence-corrected chi connectivity index (χ1v) is 7.72. The number of hydrogen-bond donors (Lipinski definition) is 1. The van der Waals surface area contributed by atoms with Gasteiger partial charge >= 0.3 is 5.97 Å². The third kappa shape index (κ3) is 4.29. The Morgan fingerprint density at radius 3 is 2.48 bits per heavy atom. The van der Waals surface area contributed by atoms with E-state index in [1.807, 2.05) is 0 Å². The van der Waals surface area contributed by atoms with Crippen molar-refractivity contribution in [2.75, 3.05) is 32.7 Å². The Morgan fingerprint density at radius 2 is 1.90 bits per heavy atom. The molecule has 1 aromatic carbocycles. The highest BCUT2D eigenvalue weighted by Crippen LogP contribution is 2.25. The minimum atomic E-state index is -0.707. The summed E-state index contributed by atoms with van der Waals surface area (Å²) in [5.74, 6) is -0.707. The van der Waals surface area contributed by atoms with Gasteiger partial charge in [-0.15, -0.1) is 0 Å². The average molecular weight is 290 g/mol. The van der Waals surface area contributed by atoms with E-state index in [4.69, 9.17) is 5.11 Å². The monoisotopic (exact) mass is 290 g/mol. The van der Waals surface area contributed by atoms with Crippen LogP contribution < -0.4 is 0 Å². The maximum atomic E-state index is 10.6. The highest BCUT2D eigenvalue weighted by Gasteiger charge is 2.23. The van der Waals surface area contributed by atoms with Crippen molar-refractivity contribution in [2.45, 2.75) is 33.2 Å². The minimum absolute atomic E-state index is 0.243. The van der Waals surface area contributed by atoms with E-state index in [9.17, 15) is 4.79 Å². The van der Waals surface area contributed by atoms with Crippen LogP contribution in [0.1, 0.15) is 36.1 Å². The van der Waals surface area contributed by atoms with Crippen molar-refractivity contribution >= 4 is 5.97 Å². The number of aliphatic carboxylic acids is 1. The number of carbonyl (C=O) groups is 1. The molecule has 116 valence electrons. The smallest absolute Gasteiger partial charge is 0.304 e. The van der Waals surface area contributed by atoms with E-state index < -0.39 is 5.97 Å². The number of benzene rings is 1. The van der Waals surface area contributed by atoms with Crippen LogP contribution in [0.15, 0.2) is 18.2 Å². The van der Waals surface area contributed by atoms with Crippen molar-refractivity contribution in [3.8, 4) is 0 Å². The molecule has 0 radical (unpaired) electrons. The Bertz CT molecular complexity index is 494. The molecule has 1 aliphatic heterocycles. The molecule has 0 spiro atoms. The molecule has 0 aliphatic carbocycles. The maximum Gasteiger partial charge on any atom is 0.304 e. The van der Waals surface area contributed by atoms with Gasteiger partial charge in [0.05, 0.1) is 6.42 Å². The van der Waals surface area contributed by atoms with E-state index in [-0.39, 0.29) is 6.42 Å². The molecule has 0 bridgehead atoms. The molecule has 4 heteroatoms. The highest BCUT2D eigenvalue weighted by molar-refractivity contribution is 5.66. The van der Waals surface area contributed by atoms with Crippen molar-refractivity contribution in [1.82, 2.24) is 9.80 Å². The summed E-state index contributed by atoms with van der Waals surface area (Å²) >= 11 is 0. The van der Waals surface area contributed by atoms with Crippen molar-refractivity contribution < 1.29 is 9.90 Å². The summed E-state index contributed by atoms with van der Waals surface area (Å²) in [7, 11) is 0. The average Bonchev–Trinajstić information content (AvgIpc) is 2.45. The molecule has 0 amide bonds. The second kappa shape index (κ2) is 7.05. The third-order valence-electron chi connectivity index (χ3n) is 4.47. The minimum Gasteiger partial charge on any atom is -0.481 e. The number of carboxylic acid groups (broad SMARTS) is 1. The van der Waals surface area contributed by atoms with Crippen molar-refractivity contribution in [3.05, 3.63) is 34.9 Å². The van der Waals surface area contributed by atoms with Gasteiger partial charge in [0.1, 0.15) is 0 Å². The molecule has 1 heterocycles. The lowest BCUT2D eigenvalue weighted by Crippen LogP contribution is -2.47. The lowest BCUT2D eigenvalue weighted by Gasteiger charge is -2.38. The van der Waals surface area contributed by atoms with Crippen molar-refractivity contribution in [2.24, 2.45) is 0 Å². The maximum absolute atomic E-state index is 10.6. The van der Waals surface area contributed by atoms with Crippen molar-refractivity contribution in [3.63, 3.8) is 0 Å². The second-order valence-electron chi connectivity index (χ2n) is 6.06. The topological polar surface area (TPSA) is 43.8 Å². The Balaban J connectivity index is 1.90. The molecule has 21 heavy (non-hydrogen) atoms. The first-order valence-electron chi connectivity index (χ1n) is 7.72. The SMILES string of the molecule is Cc1ccc(C(C)N2CCN(CCC(=O)O)CC2)c(C)c1. The van der Waals surface area contributed by atoms with Crippen LogP contribution in [0.4, 0.5) is 0 Å². The second-order valence-corrected chi connectivity index (χ2v) is 6.06. The van der Waals surface area contributed by atoms with Crippen LogP contribution in [0.5, 0.6) is 0 Å². The summed E-state index contributed by atoms with van der Waals surface area (Å²) in [6.07, 6.45) is 0.243. The number of hydrogen-bond acceptors (Lipinski definition) is 3. The predicted octanol–water partition coefficient (Wildman–Crippen LogP) is 2.46. The van der Waals surface area contributed by atoms with Gasteiger partial charge in [-0.3, -0.25) is 9.69 Å². The van der Waals surface area contributed by atoms with Gasteiger partial charge in [-0.25, -0.2) is 0 Å². The fourth-order valence-corrected chi connectivity index (χ4v) is 3.12. The third-order valence-corrected chi connectivity index (χ3v) is 4.47. The molecule has 1 saturated heterocycles. The molecule has 4 nitrogen and oxygen atoms in total. The van der Waals surface area contributed by atoms with Gasteiger partial charge in [-0.2, -0.15) is 0 Å². The van der Waals surface area contributed by atoms with Gasteiger partial charge in [0.2, 0.25) is 0 Å². The molecule has 1 aromatic rings. The number of nitrogens with zero attached hydrogens (tertiary/aromatic N) is 2. The van der Waals surface area contributed by atoms with Gasteiger partial charge in [-0.1, -0.05) is 23.8 Å². The molecule has 1 fully saturated rings. The van der Waals surface area contributed by atoms with Crippen LogP contribution in [0.2, 0.25) is 0 Å². The molecule has 1 atom stereocenters. The normalized spacial score (nSPS) is 18.6. The molecule has 1 unspecified atom stereocenters. The summed E-state index contributed by atoms with van der Waals surface area (Å²) in [6, 6.07) is 7.09. The van der Waals surface area contributed by atoms with Crippen LogP contribution in [-0.4, -0.2) is 53.6 Å². The van der Waals surface area contributed by atoms with E-state index in [1.165, 1.54) is 16.7 Å². The molecule has 0 aromatic heterocycles. The molecule has 1 aliphatic rings. The van der Waals surface area contributed by atoms with Gasteiger partial charge in [0.25, 0.3) is 0 Å². The zero-order chi connectivity index (χ0) is 15.4. The van der Waals surface area contributed by atoms with E-state index in [2.05, 4.69) is 48.8 Å². The zero-order valence-corrected chi connectivity index (χ0v) is 13.3. The number of rotatable bonds is 5. The Labute approximate surface area is 127 Å². The van der Waals surface area contributed by atoms with E-state index in [0.29, 0.717) is 12.6 Å². The van der Waals surface area contributed by atoms with Gasteiger partial charge in [-0.05, 0) is 31.9 Å². The van der Waals surface area contributed by atoms with Crippen LogP contribution in [0.3, 0.4) is 0 Å². The summed E-state index contributed by atoms with van der Waals surface area (Å²) in [5, 5.41) is 8.75. The quantitative estimate of drug-likeness (QED) is 0.904. The lowest BCUT2D eigenvalue weighted by atomic mass is 9.99. The largest absolute Gasteiger partial charge is 0.481 e. The van der Waals surface area contributed by atoms with Crippen LogP contribution >= 0.6 is 0 Å². The number of aryl methyl sites for hydroxylation is 2. The molecule has 2 rings (SSSR count). The Kier molecular flexibility index (Phi) is 5.37. The number of carboxylic acids is 1. The first kappa shape index (κ1) is 16.0. The van der Waals surface area contributed by atoms with Crippen LogP contribution in [0, 0.1) is 13.8 Å². The van der Waals surface area contributed by atoms with Gasteiger partial charge in [0.15, 0.2) is 0 Å². The first-order chi connectivity index (χ1) is 9.97. The summed E-state index contributed by atoms with van der Waals surface area (Å²) in [4.78, 5) is 15.4. The Morgan fingerprint density at radius 1 is 1.24 bits per heavy atom. The van der Waals surface area contributed by atoms with E-state index >= 15 is 0 Å². The Hall–Kier alpha value is -1.39. The zero-order valence-electron chi connectivity index (χ0n) is 13.3. The summed E-state index contributed by atoms with van der Waals surface area (Å²) < 4.78 is 0. The van der Waals surface area contributed by atoms with E-state index in [1.54, 1.807) is 0 Å². The summed E-state index contributed by atoms with van der Waals surface area (Å²) in [6.45, 7) is 11.2. The molecule has 1 N–H and O–H groups in total. The molecular weight excluding hydrogens is 264 g/mol. The van der Waals surface area contributed by atoms with Gasteiger partial charge < -0.3 is 10.0 Å². The van der Waals surface area contributed by atoms with Crippen molar-refractivity contribution in [1.29, 1.82) is 0 Å². The lowest BCUT2D eigenvalue weighted by molar-refractivity contribution is -0.137. The predicted molar refractivity (Wildman–Crippen MR) is 84.6 cm³/mol. The fraction of sp³-hybridized carbons (Fsp3) is 0.588. The number of piperazine rings is 1. The van der Waals surface area contributed by atoms with Crippen LogP contribution in [0.25, 0.3) is 0 Å². The summed E-state index contributed by atoms with van der Waals surface area (Å²) in [5.41, 5.74) is 4.07.